The fourth-order valence-corrected chi connectivity index (χ4v) is 5.55. The maximum absolute atomic E-state index is 10.1. The van der Waals surface area contributed by atoms with E-state index >= 15 is 0 Å². The molecule has 0 aromatic carbocycles. The molecule has 0 aromatic heterocycles. The fraction of sp³-hybridized carbons (Fsp3) is 0.812. The quantitative estimate of drug-likeness (QED) is 0.650. The first kappa shape index (κ1) is 14.0. The van der Waals surface area contributed by atoms with Crippen LogP contribution in [0.15, 0.2) is 0 Å². The van der Waals surface area contributed by atoms with Crippen LogP contribution in [0, 0.1) is 38.9 Å². The lowest BCUT2D eigenvalue weighted by atomic mass is 9.78. The summed E-state index contributed by atoms with van der Waals surface area (Å²) in [5.41, 5.74) is 3.79. The zero-order valence-corrected chi connectivity index (χ0v) is 12.7. The maximum atomic E-state index is 10.1. The predicted octanol–water partition coefficient (Wildman–Crippen LogP) is -0.0973. The number of hydrogen-bond acceptors (Lipinski definition) is 5. The Balaban J connectivity index is 1.89. The van der Waals surface area contributed by atoms with Crippen LogP contribution in [0.3, 0.4) is 0 Å². The molecule has 0 radical (unpaired) electrons. The van der Waals surface area contributed by atoms with Gasteiger partial charge >= 0.3 is 5.91 Å². The molecule has 0 aromatic rings. The van der Waals surface area contributed by atoms with E-state index in [2.05, 4.69) is 17.1 Å². The molecule has 22 heavy (non-hydrogen) atoms. The Bertz CT molecular complexity index is 617. The first-order valence-electron chi connectivity index (χ1n) is 8.18. The molecule has 0 unspecified atom stereocenters. The van der Waals surface area contributed by atoms with Crippen LogP contribution >= 0.6 is 0 Å². The number of hydrogen-bond donors (Lipinski definition) is 2. The van der Waals surface area contributed by atoms with Crippen LogP contribution in [0.5, 0.6) is 0 Å². The minimum atomic E-state index is -1.24. The summed E-state index contributed by atoms with van der Waals surface area (Å²) in [5, 5.41) is 20.1. The molecular formula is C16H21N4O2+. The molecule has 2 aliphatic carbocycles. The summed E-state index contributed by atoms with van der Waals surface area (Å²) in [7, 11) is 0. The zero-order valence-electron chi connectivity index (χ0n) is 12.7. The standard InChI is InChI=1S/C16H20N4O2/c17-10-14-12(19)20-16(21-8-9-22-16)15(14,11-18)13(14)6-4-2-1-3-5-7-13/h1-9H2,(H2,19,20)/p+1/t14-,15+/m0/s1. The Labute approximate surface area is 129 Å². The van der Waals surface area contributed by atoms with Crippen molar-refractivity contribution >= 4 is 5.84 Å². The van der Waals surface area contributed by atoms with Gasteiger partial charge in [-0.1, -0.05) is 32.1 Å². The van der Waals surface area contributed by atoms with Gasteiger partial charge in [0.15, 0.2) is 10.8 Å². The Morgan fingerprint density at radius 2 is 1.55 bits per heavy atom. The third-order valence-corrected chi connectivity index (χ3v) is 6.37. The Morgan fingerprint density at radius 1 is 0.955 bits per heavy atom. The van der Waals surface area contributed by atoms with E-state index in [4.69, 9.17) is 15.2 Å². The van der Waals surface area contributed by atoms with Crippen LogP contribution in [0.1, 0.15) is 44.9 Å². The van der Waals surface area contributed by atoms with Crippen LogP contribution < -0.4 is 10.7 Å². The number of fused-ring (bicyclic) bond motifs is 4. The molecule has 3 N–H and O–H groups in total. The van der Waals surface area contributed by atoms with Gasteiger partial charge in [0.1, 0.15) is 0 Å². The first-order chi connectivity index (χ1) is 10.7. The van der Waals surface area contributed by atoms with Crippen molar-refractivity contribution in [1.82, 2.24) is 0 Å². The van der Waals surface area contributed by atoms with Gasteiger partial charge in [-0.05, 0) is 12.8 Å². The number of nitrogens with one attached hydrogen (secondary N) is 1. The van der Waals surface area contributed by atoms with Crippen molar-refractivity contribution in [2.24, 2.45) is 22.0 Å². The second kappa shape index (κ2) is 4.22. The van der Waals surface area contributed by atoms with E-state index in [0.29, 0.717) is 19.0 Å². The van der Waals surface area contributed by atoms with E-state index in [1.165, 1.54) is 6.42 Å². The molecule has 2 aliphatic heterocycles. The monoisotopic (exact) mass is 301 g/mol. The second-order valence-corrected chi connectivity index (χ2v) is 6.93. The topological polar surface area (TPSA) is 106 Å². The van der Waals surface area contributed by atoms with E-state index in [9.17, 15) is 10.5 Å². The lowest BCUT2D eigenvalue weighted by Gasteiger charge is -2.30. The van der Waals surface area contributed by atoms with Gasteiger partial charge in [-0.2, -0.15) is 10.5 Å². The van der Waals surface area contributed by atoms with Gasteiger partial charge in [-0.3, -0.25) is 5.73 Å². The van der Waals surface area contributed by atoms with Crippen LogP contribution in [0.25, 0.3) is 0 Å². The highest BCUT2D eigenvalue weighted by Crippen LogP contribution is 2.86. The van der Waals surface area contributed by atoms with Gasteiger partial charge < -0.3 is 9.47 Å². The number of nitrogens with zero attached hydrogens (tertiary/aromatic N) is 2. The van der Waals surface area contributed by atoms with Crippen molar-refractivity contribution in [2.45, 2.75) is 50.9 Å². The Morgan fingerprint density at radius 3 is 2.09 bits per heavy atom. The number of rotatable bonds is 0. The van der Waals surface area contributed by atoms with Crippen molar-refractivity contribution in [1.29, 1.82) is 10.5 Å². The molecule has 6 nitrogen and oxygen atoms in total. The lowest BCUT2D eigenvalue weighted by molar-refractivity contribution is -0.678. The highest BCUT2D eigenvalue weighted by atomic mass is 16.8. The summed E-state index contributed by atoms with van der Waals surface area (Å²) in [5.74, 6) is -0.875. The highest BCUT2D eigenvalue weighted by molar-refractivity contribution is 5.95. The second-order valence-electron chi connectivity index (χ2n) is 6.93. The third kappa shape index (κ3) is 1.12. The van der Waals surface area contributed by atoms with Crippen molar-refractivity contribution in [2.75, 3.05) is 13.2 Å². The van der Waals surface area contributed by atoms with E-state index in [0.717, 1.165) is 38.5 Å². The zero-order chi connectivity index (χ0) is 15.5. The Kier molecular flexibility index (Phi) is 2.68. The van der Waals surface area contributed by atoms with Gasteiger partial charge in [-0.15, -0.1) is 0 Å². The van der Waals surface area contributed by atoms with Gasteiger partial charge in [0.2, 0.25) is 0 Å². The van der Waals surface area contributed by atoms with Crippen LogP contribution in [0.4, 0.5) is 0 Å². The van der Waals surface area contributed by atoms with E-state index < -0.39 is 22.2 Å². The molecule has 4 aliphatic rings. The van der Waals surface area contributed by atoms with E-state index in [-0.39, 0.29) is 0 Å². The van der Waals surface area contributed by atoms with Crippen molar-refractivity contribution < 1.29 is 14.5 Å². The summed E-state index contributed by atoms with van der Waals surface area (Å²) < 4.78 is 11.7. The molecule has 2 spiro atoms. The summed E-state index contributed by atoms with van der Waals surface area (Å²) >= 11 is 0. The average molecular weight is 301 g/mol. The van der Waals surface area contributed by atoms with Crippen molar-refractivity contribution in [3.8, 4) is 12.1 Å². The molecule has 0 bridgehead atoms. The third-order valence-electron chi connectivity index (χ3n) is 6.37. The van der Waals surface area contributed by atoms with Gasteiger partial charge in [-0.25, -0.2) is 4.99 Å². The number of nitrogens with two attached hydrogens (primary N) is 1. The fourth-order valence-electron chi connectivity index (χ4n) is 5.55. The Hall–Kier alpha value is -1.63. The highest BCUT2D eigenvalue weighted by Gasteiger charge is 3.03. The predicted molar refractivity (Wildman–Crippen MR) is 75.6 cm³/mol. The molecule has 3 fully saturated rings. The molecule has 2 saturated carbocycles. The smallest absolute Gasteiger partial charge is 0.311 e. The molecule has 0 amide bonds. The summed E-state index contributed by atoms with van der Waals surface area (Å²) in [6.45, 7) is 0.836. The molecule has 4 rings (SSSR count). The summed E-state index contributed by atoms with van der Waals surface area (Å²) in [6.07, 6.45) is 7.24. The maximum Gasteiger partial charge on any atom is 0.343 e. The van der Waals surface area contributed by atoms with E-state index in [1.54, 1.807) is 0 Å². The minimum Gasteiger partial charge on any atom is -0.311 e. The van der Waals surface area contributed by atoms with Crippen LogP contribution in [-0.4, -0.2) is 25.0 Å². The molecule has 1 saturated heterocycles. The van der Waals surface area contributed by atoms with Gasteiger partial charge in [0.25, 0.3) is 5.84 Å². The molecule has 2 heterocycles. The van der Waals surface area contributed by atoms with E-state index in [1.807, 2.05) is 0 Å². The van der Waals surface area contributed by atoms with Gasteiger partial charge in [0.05, 0.1) is 25.4 Å². The SMILES string of the molecule is N#C[C@]12C3([NH+]=C(N)[C@@]1(C#N)C21CCCCCCC1)OCCO3. The normalized spacial score (nSPS) is 41.1. The van der Waals surface area contributed by atoms with Crippen LogP contribution in [0.2, 0.25) is 0 Å². The number of nitriles is 2. The molecule has 6 heteroatoms. The molecule has 116 valence electrons. The lowest BCUT2D eigenvalue weighted by Crippen LogP contribution is -2.90. The minimum absolute atomic E-state index is 0.360. The van der Waals surface area contributed by atoms with Crippen molar-refractivity contribution in [3.05, 3.63) is 0 Å². The number of amidine groups is 1. The van der Waals surface area contributed by atoms with Gasteiger partial charge in [0, 0.05) is 5.41 Å². The molecule has 2 atom stereocenters. The summed E-state index contributed by atoms with van der Waals surface area (Å²) in [6, 6.07) is 4.85. The van der Waals surface area contributed by atoms with Crippen LogP contribution in [-0.2, 0) is 9.47 Å². The van der Waals surface area contributed by atoms with Crippen molar-refractivity contribution in [3.63, 3.8) is 0 Å². The average Bonchev–Trinajstić information content (AvgIpc) is 2.74. The summed E-state index contributed by atoms with van der Waals surface area (Å²) in [4.78, 5) is 3.02. The first-order valence-corrected chi connectivity index (χ1v) is 8.18. The number of ether oxygens (including phenoxy) is 2. The largest absolute Gasteiger partial charge is 0.343 e. The molecular weight excluding hydrogens is 280 g/mol.